The van der Waals surface area contributed by atoms with Crippen LogP contribution in [0.25, 0.3) is 5.65 Å². The van der Waals surface area contributed by atoms with E-state index in [-0.39, 0.29) is 12.2 Å². The highest BCUT2D eigenvalue weighted by molar-refractivity contribution is 9.10. The molecule has 0 N–H and O–H groups in total. The molecule has 0 saturated carbocycles. The molecule has 0 aliphatic carbocycles. The third-order valence-electron chi connectivity index (χ3n) is 3.66. The molecule has 2 heterocycles. The number of thioether (sulfide) groups is 1. The third-order valence-corrected chi connectivity index (χ3v) is 4.85. The van der Waals surface area contributed by atoms with Gasteiger partial charge in [0.2, 0.25) is 0 Å². The Bertz CT molecular complexity index is 1040. The molecule has 0 aliphatic rings. The molecule has 1 aromatic carbocycles. The number of hydrogen-bond acceptors (Lipinski definition) is 6. The molecule has 0 fully saturated rings. The number of ether oxygens (including phenoxy) is 2. The highest BCUT2D eigenvalue weighted by Gasteiger charge is 2.15. The lowest BCUT2D eigenvalue weighted by atomic mass is 10.2. The molecule has 0 radical (unpaired) electrons. The molecule has 3 aromatic rings. The summed E-state index contributed by atoms with van der Waals surface area (Å²) in [5.74, 6) is -0.0921. The molecule has 26 heavy (non-hydrogen) atoms. The van der Waals surface area contributed by atoms with Crippen molar-refractivity contribution in [2.75, 3.05) is 13.4 Å². The van der Waals surface area contributed by atoms with E-state index < -0.39 is 5.97 Å². The van der Waals surface area contributed by atoms with Crippen molar-refractivity contribution in [3.8, 4) is 5.75 Å². The molecule has 0 saturated heterocycles. The Morgan fingerprint density at radius 2 is 2.08 bits per heavy atom. The molecule has 6 nitrogen and oxygen atoms in total. The maximum atomic E-state index is 12.4. The Hall–Kier alpha value is -2.32. The number of methoxy groups -OCH3 is 1. The molecule has 0 aliphatic heterocycles. The minimum Gasteiger partial charge on any atom is -0.496 e. The molecule has 0 unspecified atom stereocenters. The van der Waals surface area contributed by atoms with Gasteiger partial charge in [0.1, 0.15) is 23.6 Å². The first-order valence-electron chi connectivity index (χ1n) is 7.59. The largest absolute Gasteiger partial charge is 0.496 e. The van der Waals surface area contributed by atoms with Crippen molar-refractivity contribution < 1.29 is 14.3 Å². The number of carbonyl (C=O) groups excluding carboxylic acids is 1. The minimum absolute atomic E-state index is 0.103. The van der Waals surface area contributed by atoms with Crippen LogP contribution < -0.4 is 10.3 Å². The predicted molar refractivity (Wildman–Crippen MR) is 103 cm³/mol. The number of aromatic nitrogens is 2. The zero-order valence-corrected chi connectivity index (χ0v) is 16.5. The summed E-state index contributed by atoms with van der Waals surface area (Å²) < 4.78 is 12.8. The van der Waals surface area contributed by atoms with Gasteiger partial charge < -0.3 is 9.47 Å². The van der Waals surface area contributed by atoms with Gasteiger partial charge in [-0.25, -0.2) is 9.78 Å². The Morgan fingerprint density at radius 3 is 2.81 bits per heavy atom. The average molecular weight is 435 g/mol. The van der Waals surface area contributed by atoms with Crippen LogP contribution in [0.5, 0.6) is 5.75 Å². The normalized spacial score (nSPS) is 10.7. The topological polar surface area (TPSA) is 69.9 Å². The van der Waals surface area contributed by atoms with Crippen molar-refractivity contribution in [3.05, 3.63) is 68.7 Å². The van der Waals surface area contributed by atoms with Crippen LogP contribution in [0.4, 0.5) is 0 Å². The minimum atomic E-state index is -0.535. The van der Waals surface area contributed by atoms with Crippen molar-refractivity contribution in [1.82, 2.24) is 9.38 Å². The summed E-state index contributed by atoms with van der Waals surface area (Å²) in [4.78, 5) is 29.9. The van der Waals surface area contributed by atoms with E-state index in [1.807, 2.05) is 12.3 Å². The van der Waals surface area contributed by atoms with E-state index in [9.17, 15) is 9.59 Å². The summed E-state index contributed by atoms with van der Waals surface area (Å²) >= 11 is 4.86. The SMILES string of the molecule is COc1cc(SC)ccc1C(=O)OCc1cc(=O)n2cc(Br)ccc2n1. The number of pyridine rings is 1. The molecule has 3 rings (SSSR count). The zero-order chi connectivity index (χ0) is 18.7. The summed E-state index contributed by atoms with van der Waals surface area (Å²) in [5, 5.41) is 0. The van der Waals surface area contributed by atoms with Crippen LogP contribution in [0.2, 0.25) is 0 Å². The predicted octanol–water partition coefficient (Wildman–Crippen LogP) is 3.54. The Morgan fingerprint density at radius 1 is 1.27 bits per heavy atom. The van der Waals surface area contributed by atoms with Gasteiger partial charge in [0, 0.05) is 21.6 Å². The first-order chi connectivity index (χ1) is 12.5. The van der Waals surface area contributed by atoms with Gasteiger partial charge in [0.05, 0.1) is 12.8 Å². The van der Waals surface area contributed by atoms with Crippen LogP contribution in [-0.4, -0.2) is 28.7 Å². The summed E-state index contributed by atoms with van der Waals surface area (Å²) in [6.45, 7) is -0.103. The van der Waals surface area contributed by atoms with Crippen LogP contribution in [-0.2, 0) is 11.3 Å². The second-order valence-corrected chi connectivity index (χ2v) is 7.10. The Balaban J connectivity index is 1.81. The van der Waals surface area contributed by atoms with Crippen LogP contribution in [0.3, 0.4) is 0 Å². The van der Waals surface area contributed by atoms with Gasteiger partial charge in [-0.15, -0.1) is 11.8 Å². The van der Waals surface area contributed by atoms with E-state index in [2.05, 4.69) is 20.9 Å². The summed E-state index contributed by atoms with van der Waals surface area (Å²) in [6, 6.07) is 10.1. The molecule has 0 bridgehead atoms. The van der Waals surface area contributed by atoms with E-state index in [0.29, 0.717) is 22.7 Å². The fourth-order valence-electron chi connectivity index (χ4n) is 2.38. The monoisotopic (exact) mass is 434 g/mol. The van der Waals surface area contributed by atoms with Gasteiger partial charge in [-0.05, 0) is 52.5 Å². The number of nitrogens with zero attached hydrogens (tertiary/aromatic N) is 2. The summed E-state index contributed by atoms with van der Waals surface area (Å²) in [5.41, 5.74) is 0.940. The zero-order valence-electron chi connectivity index (χ0n) is 14.1. The molecule has 8 heteroatoms. The first kappa shape index (κ1) is 18.5. The lowest BCUT2D eigenvalue weighted by molar-refractivity contribution is 0.0464. The van der Waals surface area contributed by atoms with Crippen LogP contribution in [0, 0.1) is 0 Å². The number of rotatable bonds is 5. The summed E-state index contributed by atoms with van der Waals surface area (Å²) in [6.07, 6.45) is 3.58. The maximum Gasteiger partial charge on any atom is 0.342 e. The first-order valence-corrected chi connectivity index (χ1v) is 9.60. The quantitative estimate of drug-likeness (QED) is 0.451. The molecular weight excluding hydrogens is 420 g/mol. The number of fused-ring (bicyclic) bond motifs is 1. The number of benzene rings is 1. The smallest absolute Gasteiger partial charge is 0.342 e. The van der Waals surface area contributed by atoms with Gasteiger partial charge in [-0.3, -0.25) is 9.20 Å². The number of carbonyl (C=O) groups is 1. The van der Waals surface area contributed by atoms with Gasteiger partial charge in [-0.2, -0.15) is 0 Å². The number of esters is 1. The fraction of sp³-hybridized carbons (Fsp3) is 0.167. The van der Waals surface area contributed by atoms with Gasteiger partial charge in [0.25, 0.3) is 5.56 Å². The Kier molecular flexibility index (Phi) is 5.63. The molecule has 0 spiro atoms. The van der Waals surface area contributed by atoms with Crippen molar-refractivity contribution in [2.24, 2.45) is 0 Å². The average Bonchev–Trinajstić information content (AvgIpc) is 2.66. The van der Waals surface area contributed by atoms with Gasteiger partial charge >= 0.3 is 5.97 Å². The number of halogens is 1. The standard InChI is InChI=1S/C18H15BrN2O4S/c1-24-15-8-13(26-2)4-5-14(15)18(23)25-10-12-7-17(22)21-9-11(19)3-6-16(21)20-12/h3-9H,10H2,1-2H3. The Labute approximate surface area is 162 Å². The molecule has 0 amide bonds. The molecule has 134 valence electrons. The fourth-order valence-corrected chi connectivity index (χ4v) is 3.15. The molecule has 2 aromatic heterocycles. The van der Waals surface area contributed by atoms with Crippen molar-refractivity contribution in [3.63, 3.8) is 0 Å². The second-order valence-electron chi connectivity index (χ2n) is 5.30. The van der Waals surface area contributed by atoms with Crippen LogP contribution in [0.15, 0.2) is 56.8 Å². The lowest BCUT2D eigenvalue weighted by Crippen LogP contribution is -2.16. The lowest BCUT2D eigenvalue weighted by Gasteiger charge is -2.10. The highest BCUT2D eigenvalue weighted by Crippen LogP contribution is 2.26. The van der Waals surface area contributed by atoms with Crippen LogP contribution in [0.1, 0.15) is 16.1 Å². The third kappa shape index (κ3) is 3.91. The van der Waals surface area contributed by atoms with Crippen molar-refractivity contribution in [2.45, 2.75) is 11.5 Å². The maximum absolute atomic E-state index is 12.4. The van der Waals surface area contributed by atoms with E-state index in [4.69, 9.17) is 9.47 Å². The highest BCUT2D eigenvalue weighted by atomic mass is 79.9. The number of hydrogen-bond donors (Lipinski definition) is 0. The van der Waals surface area contributed by atoms with E-state index in [1.54, 1.807) is 42.2 Å². The van der Waals surface area contributed by atoms with E-state index >= 15 is 0 Å². The van der Waals surface area contributed by atoms with E-state index in [1.165, 1.54) is 17.6 Å². The van der Waals surface area contributed by atoms with Crippen LogP contribution >= 0.6 is 27.7 Å². The second kappa shape index (κ2) is 7.92. The van der Waals surface area contributed by atoms with Gasteiger partial charge in [0.15, 0.2) is 0 Å². The summed E-state index contributed by atoms with van der Waals surface area (Å²) in [7, 11) is 1.50. The molecule has 0 atom stereocenters. The van der Waals surface area contributed by atoms with Crippen molar-refractivity contribution in [1.29, 1.82) is 0 Å². The van der Waals surface area contributed by atoms with Crippen molar-refractivity contribution >= 4 is 39.3 Å². The van der Waals surface area contributed by atoms with E-state index in [0.717, 1.165) is 9.37 Å². The van der Waals surface area contributed by atoms with Gasteiger partial charge in [-0.1, -0.05) is 0 Å². The molecular formula is C18H15BrN2O4S.